The number of carbonyl (C=O) groups is 2. The lowest BCUT2D eigenvalue weighted by molar-refractivity contribution is -0.138. The predicted octanol–water partition coefficient (Wildman–Crippen LogP) is 4.85. The molecular formula is C26H23NO5. The fourth-order valence-corrected chi connectivity index (χ4v) is 4.84. The topological polar surface area (TPSA) is 76.1 Å². The van der Waals surface area contributed by atoms with E-state index in [0.717, 1.165) is 27.8 Å². The van der Waals surface area contributed by atoms with Crippen LogP contribution in [0.1, 0.15) is 29.0 Å². The summed E-state index contributed by atoms with van der Waals surface area (Å²) in [4.78, 5) is 26.4. The van der Waals surface area contributed by atoms with Crippen molar-refractivity contribution in [3.05, 3.63) is 83.4 Å². The van der Waals surface area contributed by atoms with Crippen molar-refractivity contribution < 1.29 is 24.2 Å². The average molecular weight is 429 g/mol. The molecule has 1 amide bonds. The number of fused-ring (bicyclic) bond motifs is 4. The molecule has 3 aromatic rings. The minimum absolute atomic E-state index is 0.0882. The van der Waals surface area contributed by atoms with Crippen LogP contribution in [-0.4, -0.2) is 36.9 Å². The second-order valence-electron chi connectivity index (χ2n) is 8.06. The van der Waals surface area contributed by atoms with Gasteiger partial charge < -0.3 is 14.6 Å². The van der Waals surface area contributed by atoms with E-state index in [2.05, 4.69) is 24.3 Å². The highest BCUT2D eigenvalue weighted by Crippen LogP contribution is 2.44. The standard InChI is InChI=1S/C26H23NO5/c1-31-17-11-13-23-16(14-17)10-12-24(25(28)29)27(23)26(30)32-15-22-20-8-4-2-6-18(20)19-7-3-5-9-21(19)22/h2-9,11,13-14,22,24H,10,12,15H2,1H3,(H,28,29). The van der Waals surface area contributed by atoms with Crippen LogP contribution in [0.15, 0.2) is 66.7 Å². The molecule has 1 heterocycles. The maximum atomic E-state index is 13.2. The van der Waals surface area contributed by atoms with Crippen molar-refractivity contribution in [2.45, 2.75) is 24.8 Å². The molecule has 5 rings (SSSR count). The van der Waals surface area contributed by atoms with Crippen molar-refractivity contribution >= 4 is 17.7 Å². The Morgan fingerprint density at radius 2 is 1.66 bits per heavy atom. The molecule has 1 aliphatic carbocycles. The van der Waals surface area contributed by atoms with Crippen molar-refractivity contribution in [3.63, 3.8) is 0 Å². The number of nitrogens with zero attached hydrogens (tertiary/aromatic N) is 1. The number of ether oxygens (including phenoxy) is 2. The number of aliphatic carboxylic acids is 1. The van der Waals surface area contributed by atoms with Gasteiger partial charge in [-0.1, -0.05) is 48.5 Å². The number of methoxy groups -OCH3 is 1. The summed E-state index contributed by atoms with van der Waals surface area (Å²) in [6.45, 7) is 0.140. The number of benzene rings is 3. The molecule has 0 saturated carbocycles. The van der Waals surface area contributed by atoms with E-state index in [9.17, 15) is 14.7 Å². The third-order valence-corrected chi connectivity index (χ3v) is 6.36. The molecular weight excluding hydrogens is 406 g/mol. The molecule has 162 valence electrons. The Morgan fingerprint density at radius 1 is 1.00 bits per heavy atom. The molecule has 0 aromatic heterocycles. The highest BCUT2D eigenvalue weighted by atomic mass is 16.6. The lowest BCUT2D eigenvalue weighted by Gasteiger charge is -2.34. The molecule has 1 unspecified atom stereocenters. The highest BCUT2D eigenvalue weighted by Gasteiger charge is 2.38. The van der Waals surface area contributed by atoms with E-state index in [4.69, 9.17) is 9.47 Å². The van der Waals surface area contributed by atoms with E-state index in [1.807, 2.05) is 30.3 Å². The number of anilines is 1. The Balaban J connectivity index is 1.43. The summed E-state index contributed by atoms with van der Waals surface area (Å²) in [7, 11) is 1.58. The number of carboxylic acids is 1. The minimum Gasteiger partial charge on any atom is -0.497 e. The van der Waals surface area contributed by atoms with Crippen LogP contribution in [-0.2, 0) is 16.0 Å². The first-order valence-electron chi connectivity index (χ1n) is 10.6. The molecule has 0 bridgehead atoms. The number of rotatable bonds is 4. The van der Waals surface area contributed by atoms with Crippen LogP contribution in [0.2, 0.25) is 0 Å². The van der Waals surface area contributed by atoms with Crippen LogP contribution in [0.3, 0.4) is 0 Å². The van der Waals surface area contributed by atoms with Gasteiger partial charge in [0.2, 0.25) is 0 Å². The van der Waals surface area contributed by atoms with Crippen molar-refractivity contribution in [2.75, 3.05) is 18.6 Å². The predicted molar refractivity (Wildman–Crippen MR) is 120 cm³/mol. The SMILES string of the molecule is COc1ccc2c(c1)CCC(C(=O)O)N2C(=O)OCC1c2ccccc2-c2ccccc21. The fourth-order valence-electron chi connectivity index (χ4n) is 4.84. The van der Waals surface area contributed by atoms with Crippen LogP contribution in [0.5, 0.6) is 5.75 Å². The van der Waals surface area contributed by atoms with E-state index in [0.29, 0.717) is 24.3 Å². The van der Waals surface area contributed by atoms with Crippen molar-refractivity contribution in [2.24, 2.45) is 0 Å². The first kappa shape index (κ1) is 20.1. The molecule has 0 fully saturated rings. The normalized spacial score (nSPS) is 16.7. The van der Waals surface area contributed by atoms with Crippen LogP contribution < -0.4 is 9.64 Å². The number of carbonyl (C=O) groups excluding carboxylic acids is 1. The first-order valence-corrected chi connectivity index (χ1v) is 10.6. The Hall–Kier alpha value is -3.80. The van der Waals surface area contributed by atoms with Crippen molar-refractivity contribution in [1.82, 2.24) is 0 Å². The highest BCUT2D eigenvalue weighted by molar-refractivity contribution is 5.97. The molecule has 1 N–H and O–H groups in total. The summed E-state index contributed by atoms with van der Waals surface area (Å²) in [5, 5.41) is 9.75. The van der Waals surface area contributed by atoms with Crippen LogP contribution in [0.25, 0.3) is 11.1 Å². The quantitative estimate of drug-likeness (QED) is 0.642. The summed E-state index contributed by atoms with van der Waals surface area (Å²) in [5.41, 5.74) is 5.93. The smallest absolute Gasteiger partial charge is 0.415 e. The Morgan fingerprint density at radius 3 is 2.28 bits per heavy atom. The molecule has 1 atom stereocenters. The number of amides is 1. The number of carboxylic acid groups (broad SMARTS) is 1. The molecule has 32 heavy (non-hydrogen) atoms. The molecule has 6 nitrogen and oxygen atoms in total. The second-order valence-corrected chi connectivity index (χ2v) is 8.06. The molecule has 0 radical (unpaired) electrons. The van der Waals surface area contributed by atoms with Crippen molar-refractivity contribution in [3.8, 4) is 16.9 Å². The van der Waals surface area contributed by atoms with Crippen LogP contribution >= 0.6 is 0 Å². The summed E-state index contributed by atoms with van der Waals surface area (Å²) < 4.78 is 11.0. The first-order chi connectivity index (χ1) is 15.6. The largest absolute Gasteiger partial charge is 0.497 e. The Labute approximate surface area is 186 Å². The van der Waals surface area contributed by atoms with E-state index in [-0.39, 0.29) is 12.5 Å². The van der Waals surface area contributed by atoms with Gasteiger partial charge >= 0.3 is 12.1 Å². The van der Waals surface area contributed by atoms with Crippen molar-refractivity contribution in [1.29, 1.82) is 0 Å². The summed E-state index contributed by atoms with van der Waals surface area (Å²) >= 11 is 0. The molecule has 0 saturated heterocycles. The van der Waals surface area contributed by atoms with E-state index in [1.165, 1.54) is 4.90 Å². The lowest BCUT2D eigenvalue weighted by atomic mass is 9.96. The van der Waals surface area contributed by atoms with Crippen LogP contribution in [0, 0.1) is 0 Å². The molecule has 6 heteroatoms. The van der Waals surface area contributed by atoms with Gasteiger partial charge in [0, 0.05) is 5.92 Å². The minimum atomic E-state index is -1.04. The lowest BCUT2D eigenvalue weighted by Crippen LogP contribution is -2.48. The number of aryl methyl sites for hydroxylation is 1. The van der Waals surface area contributed by atoms with Gasteiger partial charge in [-0.25, -0.2) is 9.59 Å². The van der Waals surface area contributed by atoms with Gasteiger partial charge in [0.15, 0.2) is 0 Å². The third-order valence-electron chi connectivity index (χ3n) is 6.36. The third kappa shape index (κ3) is 3.28. The maximum Gasteiger partial charge on any atom is 0.415 e. The monoisotopic (exact) mass is 429 g/mol. The Kier molecular flexibility index (Phi) is 5.05. The number of hydrogen-bond acceptors (Lipinski definition) is 4. The van der Waals surface area contributed by atoms with E-state index < -0.39 is 18.1 Å². The van der Waals surface area contributed by atoms with Crippen LogP contribution in [0.4, 0.5) is 10.5 Å². The van der Waals surface area contributed by atoms with Gasteiger partial charge in [-0.3, -0.25) is 4.90 Å². The van der Waals surface area contributed by atoms with E-state index in [1.54, 1.807) is 19.2 Å². The molecule has 0 spiro atoms. The maximum absolute atomic E-state index is 13.2. The molecule has 1 aliphatic heterocycles. The summed E-state index contributed by atoms with van der Waals surface area (Å²) in [5.74, 6) is -0.459. The Bertz CT molecular complexity index is 1160. The average Bonchev–Trinajstić information content (AvgIpc) is 3.15. The van der Waals surface area contributed by atoms with E-state index >= 15 is 0 Å². The zero-order valence-corrected chi connectivity index (χ0v) is 17.7. The summed E-state index contributed by atoms with van der Waals surface area (Å²) in [6, 6.07) is 20.5. The van der Waals surface area contributed by atoms with Gasteiger partial charge in [-0.15, -0.1) is 0 Å². The van der Waals surface area contributed by atoms with Gasteiger partial charge in [0.05, 0.1) is 12.8 Å². The van der Waals surface area contributed by atoms with Gasteiger partial charge in [0.1, 0.15) is 18.4 Å². The van der Waals surface area contributed by atoms with Gasteiger partial charge in [-0.2, -0.15) is 0 Å². The fraction of sp³-hybridized carbons (Fsp3) is 0.231. The number of hydrogen-bond donors (Lipinski definition) is 1. The van der Waals surface area contributed by atoms with Gasteiger partial charge in [0.25, 0.3) is 0 Å². The molecule has 2 aliphatic rings. The van der Waals surface area contributed by atoms with Gasteiger partial charge in [-0.05, 0) is 58.9 Å². The zero-order chi connectivity index (χ0) is 22.2. The summed E-state index contributed by atoms with van der Waals surface area (Å²) in [6.07, 6.45) is 0.224. The zero-order valence-electron chi connectivity index (χ0n) is 17.7. The second kappa shape index (κ2) is 8.04. The molecule has 3 aromatic carbocycles.